The van der Waals surface area contributed by atoms with Crippen LogP contribution in [-0.2, 0) is 32.8 Å². The third kappa shape index (κ3) is 8.16. The molecule has 4 aromatic carbocycles. The average Bonchev–Trinajstić information content (AvgIpc) is 3.21. The second kappa shape index (κ2) is 14.0. The summed E-state index contributed by atoms with van der Waals surface area (Å²) in [6, 6.07) is 22.1. The Labute approximate surface area is 206 Å². The predicted octanol–water partition coefficient (Wildman–Crippen LogP) is 1.61. The van der Waals surface area contributed by atoms with Crippen molar-refractivity contribution in [1.29, 1.82) is 0 Å². The van der Waals surface area contributed by atoms with E-state index in [1.165, 1.54) is 47.6 Å². The van der Waals surface area contributed by atoms with Crippen LogP contribution in [0.1, 0.15) is 49.9 Å². The van der Waals surface area contributed by atoms with Gasteiger partial charge in [-0.3, -0.25) is 0 Å². The van der Waals surface area contributed by atoms with Gasteiger partial charge < -0.3 is 24.8 Å². The molecule has 160 valence electrons. The Morgan fingerprint density at radius 3 is 1.37 bits per heavy atom. The maximum absolute atomic E-state index is 2.27. The fourth-order valence-corrected chi connectivity index (χ4v) is 3.52. The molecule has 0 bridgehead atoms. The zero-order chi connectivity index (χ0) is 20.7. The molecule has 4 rings (SSSR count). The van der Waals surface area contributed by atoms with Crippen molar-refractivity contribution in [3.63, 3.8) is 0 Å². The van der Waals surface area contributed by atoms with Crippen molar-refractivity contribution in [3.8, 4) is 0 Å². The van der Waals surface area contributed by atoms with Crippen LogP contribution in [0.25, 0.3) is 21.5 Å². The Hall–Kier alpha value is -1.18. The minimum absolute atomic E-state index is 0. The molecule has 3 heteroatoms. The van der Waals surface area contributed by atoms with E-state index >= 15 is 0 Å². The average molecular weight is 475 g/mol. The summed E-state index contributed by atoms with van der Waals surface area (Å²) in [6.45, 7) is 12.9. The van der Waals surface area contributed by atoms with Crippen LogP contribution in [0.2, 0.25) is 0 Å². The standard InChI is InChI=1S/2C12H13.C3H6.2ClH.Ti/c2*1-3-10-5-4-6-11-7-9(2)8-12(10)11;1-3-2;;;/h2*4-8H,3H2,1-2H3;1-2H3;2*1H;/q2*-1;;;;+2/p-2. The number of benzene rings is 2. The van der Waals surface area contributed by atoms with Crippen molar-refractivity contribution in [2.24, 2.45) is 0 Å². The molecule has 0 nitrogen and oxygen atoms in total. The van der Waals surface area contributed by atoms with Gasteiger partial charge in [0.2, 0.25) is 0 Å². The van der Waals surface area contributed by atoms with Crippen molar-refractivity contribution >= 4 is 25.4 Å². The van der Waals surface area contributed by atoms with Gasteiger partial charge in [0, 0.05) is 0 Å². The SMILES string of the molecule is CCc1cccc2[cH-]c(C)cc12.CCc1cccc2[cH-]c(C)cc12.C[C](C)=[Ti+2].[Cl-].[Cl-]. The van der Waals surface area contributed by atoms with E-state index in [0.29, 0.717) is 0 Å². The first-order valence-electron chi connectivity index (χ1n) is 10.2. The summed E-state index contributed by atoms with van der Waals surface area (Å²) in [5, 5.41) is 5.62. The van der Waals surface area contributed by atoms with E-state index < -0.39 is 0 Å². The van der Waals surface area contributed by atoms with Crippen LogP contribution in [-0.4, -0.2) is 3.81 Å². The van der Waals surface area contributed by atoms with Crippen molar-refractivity contribution in [2.75, 3.05) is 0 Å². The van der Waals surface area contributed by atoms with Crippen LogP contribution in [0.5, 0.6) is 0 Å². The summed E-state index contributed by atoms with van der Waals surface area (Å²) in [6.07, 6.45) is 2.25. The second-order valence-corrected chi connectivity index (χ2v) is 9.17. The Morgan fingerprint density at radius 1 is 0.733 bits per heavy atom. The third-order valence-electron chi connectivity index (χ3n) is 4.73. The molecule has 0 fully saturated rings. The number of hydrogen-bond acceptors (Lipinski definition) is 0. The van der Waals surface area contributed by atoms with Crippen LogP contribution in [0.3, 0.4) is 0 Å². The fraction of sp³-hybridized carbons (Fsp3) is 0.296. The molecule has 0 atom stereocenters. The Morgan fingerprint density at radius 2 is 1.07 bits per heavy atom. The molecule has 0 aromatic heterocycles. The monoisotopic (exact) mass is 474 g/mol. The summed E-state index contributed by atoms with van der Waals surface area (Å²) in [4.78, 5) is 0. The molecule has 0 N–H and O–H groups in total. The number of hydrogen-bond donors (Lipinski definition) is 0. The van der Waals surface area contributed by atoms with Crippen LogP contribution in [0, 0.1) is 13.8 Å². The van der Waals surface area contributed by atoms with Gasteiger partial charge in [0.15, 0.2) is 0 Å². The summed E-state index contributed by atoms with van der Waals surface area (Å²) in [7, 11) is 0. The van der Waals surface area contributed by atoms with Crippen molar-refractivity contribution < 1.29 is 44.8 Å². The van der Waals surface area contributed by atoms with Crippen molar-refractivity contribution in [3.05, 3.63) is 82.9 Å². The van der Waals surface area contributed by atoms with E-state index in [2.05, 4.69) is 122 Å². The molecule has 0 aliphatic carbocycles. The molecule has 0 unspecified atom stereocenters. The first-order valence-corrected chi connectivity index (χ1v) is 10.9. The Kier molecular flexibility index (Phi) is 13.4. The van der Waals surface area contributed by atoms with Crippen LogP contribution >= 0.6 is 0 Å². The maximum atomic E-state index is 2.27. The minimum atomic E-state index is 0. The van der Waals surface area contributed by atoms with E-state index in [1.54, 1.807) is 0 Å². The van der Waals surface area contributed by atoms with Gasteiger partial charge in [-0.1, -0.05) is 51.0 Å². The number of fused-ring (bicyclic) bond motifs is 2. The normalized spacial score (nSPS) is 9.60. The molecule has 0 spiro atoms. The van der Waals surface area contributed by atoms with Gasteiger partial charge in [-0.05, 0) is 12.8 Å². The molecule has 0 amide bonds. The molecule has 30 heavy (non-hydrogen) atoms. The largest absolute Gasteiger partial charge is 1.00 e. The summed E-state index contributed by atoms with van der Waals surface area (Å²) < 4.78 is 1.42. The molecule has 0 aliphatic rings. The Bertz CT molecular complexity index is 969. The van der Waals surface area contributed by atoms with E-state index in [-0.39, 0.29) is 24.8 Å². The van der Waals surface area contributed by atoms with Gasteiger partial charge in [0.25, 0.3) is 0 Å². The molecular formula is C27H32Cl2Ti-2. The summed E-state index contributed by atoms with van der Waals surface area (Å²) in [5.74, 6) is 0. The first-order chi connectivity index (χ1) is 13.3. The molecular weight excluding hydrogens is 443 g/mol. The Balaban J connectivity index is 0.000000452. The number of halogens is 2. The zero-order valence-electron chi connectivity index (χ0n) is 18.9. The van der Waals surface area contributed by atoms with E-state index in [1.807, 2.05) is 0 Å². The predicted molar refractivity (Wildman–Crippen MR) is 124 cm³/mol. The van der Waals surface area contributed by atoms with Gasteiger partial charge in [-0.25, -0.2) is 0 Å². The topological polar surface area (TPSA) is 0 Å². The van der Waals surface area contributed by atoms with Gasteiger partial charge >= 0.3 is 37.6 Å². The third-order valence-corrected chi connectivity index (χ3v) is 4.73. The molecule has 0 heterocycles. The molecule has 0 radical (unpaired) electrons. The van der Waals surface area contributed by atoms with Gasteiger partial charge in [0.1, 0.15) is 0 Å². The zero-order valence-corrected chi connectivity index (χ0v) is 22.0. The van der Waals surface area contributed by atoms with Crippen molar-refractivity contribution in [2.45, 2.75) is 54.4 Å². The number of aryl methyl sites for hydroxylation is 4. The molecule has 0 saturated carbocycles. The summed E-state index contributed by atoms with van der Waals surface area (Å²) in [5.41, 5.74) is 5.65. The quantitative estimate of drug-likeness (QED) is 0.306. The second-order valence-electron chi connectivity index (χ2n) is 7.61. The van der Waals surface area contributed by atoms with Crippen LogP contribution in [0.4, 0.5) is 0 Å². The fourth-order valence-electron chi connectivity index (χ4n) is 3.52. The molecule has 4 aromatic rings. The van der Waals surface area contributed by atoms with Gasteiger partial charge in [-0.15, -0.1) is 69.1 Å². The molecule has 0 saturated heterocycles. The van der Waals surface area contributed by atoms with E-state index in [0.717, 1.165) is 12.8 Å². The van der Waals surface area contributed by atoms with E-state index in [4.69, 9.17) is 0 Å². The summed E-state index contributed by atoms with van der Waals surface area (Å²) >= 11 is 2.08. The van der Waals surface area contributed by atoms with E-state index in [9.17, 15) is 0 Å². The number of rotatable bonds is 2. The van der Waals surface area contributed by atoms with Gasteiger partial charge in [0.05, 0.1) is 0 Å². The maximum Gasteiger partial charge on any atom is -1.00 e. The minimum Gasteiger partial charge on any atom is -1.00 e. The molecule has 0 aliphatic heterocycles. The van der Waals surface area contributed by atoms with Crippen molar-refractivity contribution in [1.82, 2.24) is 0 Å². The van der Waals surface area contributed by atoms with Crippen LogP contribution in [0.15, 0.2) is 60.7 Å². The van der Waals surface area contributed by atoms with Crippen LogP contribution < -0.4 is 24.8 Å². The smallest absolute Gasteiger partial charge is 1.00 e. The first kappa shape index (κ1) is 28.8. The van der Waals surface area contributed by atoms with Gasteiger partial charge in [-0.2, -0.15) is 12.1 Å².